The molecule has 3 aromatic rings. The largest absolute Gasteiger partial charge is 0.372 e. The fraction of sp³-hybridized carbons (Fsp3) is 0.296. The molecule has 1 saturated heterocycles. The molecule has 0 aromatic heterocycles. The Morgan fingerprint density at radius 2 is 1.44 bits per heavy atom. The zero-order chi connectivity index (χ0) is 23.8. The number of hydrogen-bond acceptors (Lipinski definition) is 4. The highest BCUT2D eigenvalue weighted by atomic mass is 32.2. The van der Waals surface area contributed by atoms with E-state index in [0.29, 0.717) is 26.3 Å². The summed E-state index contributed by atoms with van der Waals surface area (Å²) in [6.07, 6.45) is 2.72. The summed E-state index contributed by atoms with van der Waals surface area (Å²) in [5.41, 5.74) is 3.18. The Hall–Kier alpha value is -3.00. The molecule has 0 spiro atoms. The third kappa shape index (κ3) is 5.91. The molecule has 1 amide bonds. The lowest BCUT2D eigenvalue weighted by atomic mass is 10.1. The number of nitrogens with one attached hydrogen (secondary N) is 1. The molecular formula is C27H30N2O4S. The summed E-state index contributed by atoms with van der Waals surface area (Å²) >= 11 is 0. The van der Waals surface area contributed by atoms with Crippen LogP contribution in [-0.4, -0.2) is 31.7 Å². The van der Waals surface area contributed by atoms with Gasteiger partial charge in [0.15, 0.2) is 0 Å². The Kier molecular flexibility index (Phi) is 8.11. The van der Waals surface area contributed by atoms with Gasteiger partial charge in [0.1, 0.15) is 0 Å². The van der Waals surface area contributed by atoms with Crippen LogP contribution in [0.3, 0.4) is 0 Å². The highest BCUT2D eigenvalue weighted by Gasteiger charge is 2.29. The highest BCUT2D eigenvalue weighted by Crippen LogP contribution is 2.24. The van der Waals surface area contributed by atoms with Gasteiger partial charge < -0.3 is 10.1 Å². The first-order chi connectivity index (χ1) is 16.6. The number of nitrogens with zero attached hydrogens (tertiary/aromatic N) is 1. The van der Waals surface area contributed by atoms with E-state index in [1.165, 1.54) is 10.4 Å². The first-order valence-corrected chi connectivity index (χ1v) is 13.1. The van der Waals surface area contributed by atoms with Gasteiger partial charge in [0, 0.05) is 19.6 Å². The molecule has 4 rings (SSSR count). The number of ether oxygens (including phenoxy) is 1. The molecular weight excluding hydrogens is 448 g/mol. The van der Waals surface area contributed by atoms with Gasteiger partial charge in [-0.15, -0.1) is 0 Å². The summed E-state index contributed by atoms with van der Waals surface area (Å²) in [5, 5.41) is 2.90. The van der Waals surface area contributed by atoms with Crippen LogP contribution in [0.25, 0.3) is 0 Å². The average Bonchev–Trinajstić information content (AvgIpc) is 2.89. The van der Waals surface area contributed by atoms with Crippen molar-refractivity contribution in [3.8, 4) is 0 Å². The van der Waals surface area contributed by atoms with Gasteiger partial charge in [-0.1, -0.05) is 73.2 Å². The van der Waals surface area contributed by atoms with E-state index in [-0.39, 0.29) is 17.0 Å². The zero-order valence-corrected chi connectivity index (χ0v) is 20.0. The molecule has 0 radical (unpaired) electrons. The van der Waals surface area contributed by atoms with E-state index in [1.807, 2.05) is 54.6 Å². The van der Waals surface area contributed by atoms with E-state index in [0.717, 1.165) is 36.0 Å². The second-order valence-electron chi connectivity index (χ2n) is 8.39. The van der Waals surface area contributed by atoms with Crippen LogP contribution in [0.2, 0.25) is 0 Å². The first-order valence-electron chi connectivity index (χ1n) is 11.6. The number of carbonyl (C=O) groups is 1. The molecule has 0 bridgehead atoms. The van der Waals surface area contributed by atoms with Crippen molar-refractivity contribution in [2.75, 3.05) is 13.1 Å². The molecule has 34 heavy (non-hydrogen) atoms. The Balaban J connectivity index is 1.43. The molecule has 0 aliphatic carbocycles. The standard InChI is InChI=1S/C27H30N2O4S/c30-27(25-15-7-8-16-26(25)34(31,32)29-17-9-2-10-18-29)28-19-23-13-5-6-14-24(23)21-33-20-22-11-3-1-4-12-22/h1,3-8,11-16H,2,9-10,17-21H2,(H,28,30). The number of amides is 1. The van der Waals surface area contributed by atoms with Crippen molar-refractivity contribution >= 4 is 15.9 Å². The minimum absolute atomic E-state index is 0.0638. The molecule has 1 aliphatic rings. The van der Waals surface area contributed by atoms with Crippen molar-refractivity contribution in [1.29, 1.82) is 0 Å². The molecule has 1 heterocycles. The molecule has 178 valence electrons. The third-order valence-corrected chi connectivity index (χ3v) is 7.95. The number of sulfonamides is 1. The molecule has 7 heteroatoms. The minimum Gasteiger partial charge on any atom is -0.372 e. The van der Waals surface area contributed by atoms with Gasteiger partial charge in [0.05, 0.1) is 23.7 Å². The van der Waals surface area contributed by atoms with Gasteiger partial charge in [-0.05, 0) is 41.7 Å². The van der Waals surface area contributed by atoms with Crippen LogP contribution in [0.4, 0.5) is 0 Å². The highest BCUT2D eigenvalue weighted by molar-refractivity contribution is 7.89. The van der Waals surface area contributed by atoms with Crippen molar-refractivity contribution in [1.82, 2.24) is 9.62 Å². The topological polar surface area (TPSA) is 75.7 Å². The number of piperidine rings is 1. The Labute approximate surface area is 201 Å². The summed E-state index contributed by atoms with van der Waals surface area (Å²) in [7, 11) is -3.71. The van der Waals surface area contributed by atoms with Gasteiger partial charge in [0.2, 0.25) is 10.0 Å². The van der Waals surface area contributed by atoms with Crippen molar-refractivity contribution < 1.29 is 17.9 Å². The zero-order valence-electron chi connectivity index (χ0n) is 19.2. The van der Waals surface area contributed by atoms with E-state index < -0.39 is 15.9 Å². The molecule has 1 fully saturated rings. The quantitative estimate of drug-likeness (QED) is 0.491. The maximum atomic E-state index is 13.2. The van der Waals surface area contributed by atoms with Gasteiger partial charge in [-0.3, -0.25) is 4.79 Å². The van der Waals surface area contributed by atoms with Crippen molar-refractivity contribution in [2.45, 2.75) is 43.9 Å². The number of hydrogen-bond donors (Lipinski definition) is 1. The van der Waals surface area contributed by atoms with Crippen molar-refractivity contribution in [3.05, 3.63) is 101 Å². The SMILES string of the molecule is O=C(NCc1ccccc1COCc1ccccc1)c1ccccc1S(=O)(=O)N1CCCCC1. The smallest absolute Gasteiger partial charge is 0.252 e. The molecule has 0 unspecified atom stereocenters. The van der Waals surface area contributed by atoms with E-state index in [2.05, 4.69) is 5.32 Å². The second kappa shape index (κ2) is 11.4. The molecule has 1 N–H and O–H groups in total. The van der Waals surface area contributed by atoms with Crippen LogP contribution in [0.1, 0.15) is 46.3 Å². The lowest BCUT2D eigenvalue weighted by molar-refractivity contribution is 0.0944. The lowest BCUT2D eigenvalue weighted by Gasteiger charge is -2.26. The van der Waals surface area contributed by atoms with Crippen LogP contribution < -0.4 is 5.32 Å². The fourth-order valence-electron chi connectivity index (χ4n) is 4.12. The number of carbonyl (C=O) groups excluding carboxylic acids is 1. The summed E-state index contributed by atoms with van der Waals surface area (Å²) in [4.78, 5) is 13.1. The first kappa shape index (κ1) is 24.1. The van der Waals surface area contributed by atoms with Crippen LogP contribution in [0, 0.1) is 0 Å². The minimum atomic E-state index is -3.71. The molecule has 6 nitrogen and oxygen atoms in total. The van der Waals surface area contributed by atoms with E-state index >= 15 is 0 Å². The monoisotopic (exact) mass is 478 g/mol. The normalized spacial score (nSPS) is 14.6. The fourth-order valence-corrected chi connectivity index (χ4v) is 5.82. The van der Waals surface area contributed by atoms with Crippen LogP contribution >= 0.6 is 0 Å². The predicted octanol–water partition coefficient (Wildman–Crippen LogP) is 4.51. The Morgan fingerprint density at radius 1 is 0.794 bits per heavy atom. The summed E-state index contributed by atoms with van der Waals surface area (Å²) in [6, 6.07) is 24.2. The molecule has 0 saturated carbocycles. The molecule has 1 aliphatic heterocycles. The summed E-state index contributed by atoms with van der Waals surface area (Å²) in [5.74, 6) is -0.406. The maximum Gasteiger partial charge on any atom is 0.252 e. The van der Waals surface area contributed by atoms with E-state index in [1.54, 1.807) is 18.2 Å². The third-order valence-electron chi connectivity index (χ3n) is 5.99. The molecule has 0 atom stereocenters. The number of rotatable bonds is 9. The number of benzene rings is 3. The summed E-state index contributed by atoms with van der Waals surface area (Å²) in [6.45, 7) is 2.19. The van der Waals surface area contributed by atoms with Gasteiger partial charge in [0.25, 0.3) is 5.91 Å². The second-order valence-corrected chi connectivity index (χ2v) is 10.3. The van der Waals surface area contributed by atoms with E-state index in [4.69, 9.17) is 4.74 Å². The van der Waals surface area contributed by atoms with Crippen molar-refractivity contribution in [3.63, 3.8) is 0 Å². The van der Waals surface area contributed by atoms with Gasteiger partial charge >= 0.3 is 0 Å². The predicted molar refractivity (Wildman–Crippen MR) is 132 cm³/mol. The maximum absolute atomic E-state index is 13.2. The van der Waals surface area contributed by atoms with Crippen LogP contribution in [-0.2, 0) is 34.5 Å². The van der Waals surface area contributed by atoms with Crippen molar-refractivity contribution in [2.24, 2.45) is 0 Å². The summed E-state index contributed by atoms with van der Waals surface area (Å²) < 4.78 is 33.8. The van der Waals surface area contributed by atoms with E-state index in [9.17, 15) is 13.2 Å². The van der Waals surface area contributed by atoms with Gasteiger partial charge in [-0.2, -0.15) is 4.31 Å². The average molecular weight is 479 g/mol. The van der Waals surface area contributed by atoms with Crippen LogP contribution in [0.5, 0.6) is 0 Å². The molecule has 3 aromatic carbocycles. The van der Waals surface area contributed by atoms with Gasteiger partial charge in [-0.25, -0.2) is 8.42 Å². The van der Waals surface area contributed by atoms with Crippen LogP contribution in [0.15, 0.2) is 83.8 Å². The Bertz CT molecular complexity index is 1210. The Morgan fingerprint density at radius 3 is 2.21 bits per heavy atom. The lowest BCUT2D eigenvalue weighted by Crippen LogP contribution is -2.37.